The maximum Gasteiger partial charge on any atom is 0.251 e. The predicted octanol–water partition coefficient (Wildman–Crippen LogP) is 1.37. The highest BCUT2D eigenvalue weighted by atomic mass is 16.5. The summed E-state index contributed by atoms with van der Waals surface area (Å²) in [7, 11) is 5.20. The van der Waals surface area contributed by atoms with Gasteiger partial charge in [0, 0.05) is 32.7 Å². The van der Waals surface area contributed by atoms with E-state index in [1.54, 1.807) is 50.4 Å². The first-order valence-electron chi connectivity index (χ1n) is 8.40. The average Bonchev–Trinajstić information content (AvgIpc) is 3.06. The molecule has 1 aromatic rings. The normalized spacial score (nSPS) is 17.5. The van der Waals surface area contributed by atoms with Crippen molar-refractivity contribution in [2.75, 3.05) is 40.8 Å². The molecule has 0 unspecified atom stereocenters. The van der Waals surface area contributed by atoms with Crippen LogP contribution in [0.2, 0.25) is 0 Å². The second kappa shape index (κ2) is 8.68. The monoisotopic (exact) mass is 333 g/mol. The Hall–Kier alpha value is -2.08. The molecule has 1 saturated heterocycles. The van der Waals surface area contributed by atoms with E-state index >= 15 is 0 Å². The smallest absolute Gasteiger partial charge is 0.251 e. The maximum atomic E-state index is 12.1. The molecule has 0 radical (unpaired) electrons. The molecule has 0 aromatic heterocycles. The number of likely N-dealkylation sites (tertiary alicyclic amines) is 1. The Labute approximate surface area is 143 Å². The molecule has 0 saturated carbocycles. The van der Waals surface area contributed by atoms with Crippen LogP contribution in [0, 0.1) is 0 Å². The fourth-order valence-corrected chi connectivity index (χ4v) is 3.00. The highest BCUT2D eigenvalue weighted by molar-refractivity contribution is 5.94. The lowest BCUT2D eigenvalue weighted by molar-refractivity contribution is -0.133. The summed E-state index contributed by atoms with van der Waals surface area (Å²) in [6.45, 7) is 2.38. The number of nitrogens with zero attached hydrogens (tertiary/aromatic N) is 2. The number of likely N-dealkylation sites (N-methyl/N-ethyl adjacent to an activating group) is 1. The molecule has 6 nitrogen and oxygen atoms in total. The average molecular weight is 333 g/mol. The quantitative estimate of drug-likeness (QED) is 0.766. The third-order valence-corrected chi connectivity index (χ3v) is 4.35. The Morgan fingerprint density at radius 3 is 2.62 bits per heavy atom. The number of benzene rings is 1. The van der Waals surface area contributed by atoms with E-state index in [0.717, 1.165) is 38.1 Å². The lowest BCUT2D eigenvalue weighted by Gasteiger charge is -2.26. The van der Waals surface area contributed by atoms with Crippen LogP contribution in [0.5, 0.6) is 5.75 Å². The van der Waals surface area contributed by atoms with Gasteiger partial charge in [-0.25, -0.2) is 0 Å². The Kier molecular flexibility index (Phi) is 6.61. The van der Waals surface area contributed by atoms with Crippen molar-refractivity contribution in [2.24, 2.45) is 0 Å². The molecule has 132 valence electrons. The first kappa shape index (κ1) is 18.3. The summed E-state index contributed by atoms with van der Waals surface area (Å²) < 4.78 is 5.08. The second-order valence-electron chi connectivity index (χ2n) is 6.26. The first-order valence-corrected chi connectivity index (χ1v) is 8.40. The third-order valence-electron chi connectivity index (χ3n) is 4.35. The number of hydrogen-bond donors (Lipinski definition) is 1. The zero-order chi connectivity index (χ0) is 17.5. The highest BCUT2D eigenvalue weighted by Crippen LogP contribution is 2.18. The van der Waals surface area contributed by atoms with E-state index < -0.39 is 0 Å². The van der Waals surface area contributed by atoms with Gasteiger partial charge in [0.2, 0.25) is 5.91 Å². The Morgan fingerprint density at radius 2 is 2.00 bits per heavy atom. The molecule has 0 spiro atoms. The van der Waals surface area contributed by atoms with E-state index in [1.165, 1.54) is 0 Å². The van der Waals surface area contributed by atoms with E-state index in [9.17, 15) is 9.59 Å². The summed E-state index contributed by atoms with van der Waals surface area (Å²) in [6, 6.07) is 7.05. The van der Waals surface area contributed by atoms with Crippen LogP contribution in [-0.2, 0) is 4.79 Å². The van der Waals surface area contributed by atoms with Gasteiger partial charge in [0.05, 0.1) is 13.2 Å². The van der Waals surface area contributed by atoms with Crippen LogP contribution in [0.3, 0.4) is 0 Å². The van der Waals surface area contributed by atoms with Crippen molar-refractivity contribution in [3.63, 3.8) is 0 Å². The third kappa shape index (κ3) is 4.71. The van der Waals surface area contributed by atoms with Gasteiger partial charge in [0.25, 0.3) is 5.91 Å². The number of hydrogen-bond acceptors (Lipinski definition) is 4. The van der Waals surface area contributed by atoms with Crippen molar-refractivity contribution in [3.8, 4) is 5.75 Å². The molecule has 1 aliphatic rings. The molecule has 1 fully saturated rings. The molecule has 1 N–H and O–H groups in total. The lowest BCUT2D eigenvalue weighted by Crippen LogP contribution is -2.43. The van der Waals surface area contributed by atoms with Crippen LogP contribution in [0.1, 0.15) is 29.6 Å². The highest BCUT2D eigenvalue weighted by Gasteiger charge is 2.30. The van der Waals surface area contributed by atoms with E-state index in [0.29, 0.717) is 12.1 Å². The van der Waals surface area contributed by atoms with Crippen LogP contribution in [-0.4, -0.2) is 68.5 Å². The largest absolute Gasteiger partial charge is 0.497 e. The van der Waals surface area contributed by atoms with Crippen LogP contribution >= 0.6 is 0 Å². The molecular weight excluding hydrogens is 306 g/mol. The van der Waals surface area contributed by atoms with E-state index in [-0.39, 0.29) is 17.9 Å². The summed E-state index contributed by atoms with van der Waals surface area (Å²) in [4.78, 5) is 28.1. The van der Waals surface area contributed by atoms with E-state index in [4.69, 9.17) is 4.74 Å². The number of carbonyl (C=O) groups is 2. The van der Waals surface area contributed by atoms with Crippen molar-refractivity contribution in [1.29, 1.82) is 0 Å². The minimum Gasteiger partial charge on any atom is -0.497 e. The standard InChI is InChI=1S/C18H27N3O3/c1-20(2)18(23)16-6-4-12-21(16)13-5-11-19-17(22)14-7-9-15(24-3)10-8-14/h7-10,16H,4-6,11-13H2,1-3H3,(H,19,22)/t16-/m0/s1. The predicted molar refractivity (Wildman–Crippen MR) is 93.2 cm³/mol. The molecule has 1 heterocycles. The minimum atomic E-state index is -0.0833. The van der Waals surface area contributed by atoms with E-state index in [1.807, 2.05) is 0 Å². The Bertz CT molecular complexity index is 557. The van der Waals surface area contributed by atoms with Crippen LogP contribution < -0.4 is 10.1 Å². The fourth-order valence-electron chi connectivity index (χ4n) is 3.00. The molecular formula is C18H27N3O3. The van der Waals surface area contributed by atoms with Gasteiger partial charge in [-0.3, -0.25) is 14.5 Å². The molecule has 24 heavy (non-hydrogen) atoms. The fraction of sp³-hybridized carbons (Fsp3) is 0.556. The molecule has 1 atom stereocenters. The summed E-state index contributed by atoms with van der Waals surface area (Å²) in [5.41, 5.74) is 0.623. The topological polar surface area (TPSA) is 61.9 Å². The van der Waals surface area contributed by atoms with Gasteiger partial charge in [-0.2, -0.15) is 0 Å². The van der Waals surface area contributed by atoms with Gasteiger partial charge < -0.3 is 15.0 Å². The zero-order valence-corrected chi connectivity index (χ0v) is 14.7. The Balaban J connectivity index is 1.73. The molecule has 1 aliphatic heterocycles. The van der Waals surface area contributed by atoms with Gasteiger partial charge >= 0.3 is 0 Å². The van der Waals surface area contributed by atoms with Crippen LogP contribution in [0.4, 0.5) is 0 Å². The number of rotatable bonds is 7. The van der Waals surface area contributed by atoms with Gasteiger partial charge in [0.1, 0.15) is 5.75 Å². The molecule has 0 bridgehead atoms. The van der Waals surface area contributed by atoms with Gasteiger partial charge in [-0.1, -0.05) is 0 Å². The van der Waals surface area contributed by atoms with Crippen molar-refractivity contribution >= 4 is 11.8 Å². The molecule has 6 heteroatoms. The minimum absolute atomic E-state index is 0.00251. The first-order chi connectivity index (χ1) is 11.5. The Morgan fingerprint density at radius 1 is 1.29 bits per heavy atom. The van der Waals surface area contributed by atoms with E-state index in [2.05, 4.69) is 10.2 Å². The summed E-state index contributed by atoms with van der Waals surface area (Å²) >= 11 is 0. The number of carbonyl (C=O) groups excluding carboxylic acids is 2. The summed E-state index contributed by atoms with van der Waals surface area (Å²) in [5.74, 6) is 0.826. The van der Waals surface area contributed by atoms with Crippen LogP contribution in [0.25, 0.3) is 0 Å². The number of nitrogens with one attached hydrogen (secondary N) is 1. The molecule has 1 aromatic carbocycles. The van der Waals surface area contributed by atoms with Crippen molar-refractivity contribution < 1.29 is 14.3 Å². The summed E-state index contributed by atoms with van der Waals surface area (Å²) in [6.07, 6.45) is 2.82. The second-order valence-corrected chi connectivity index (χ2v) is 6.26. The van der Waals surface area contributed by atoms with Gasteiger partial charge in [0.15, 0.2) is 0 Å². The SMILES string of the molecule is COc1ccc(C(=O)NCCCN2CCC[C@H]2C(=O)N(C)C)cc1. The lowest BCUT2D eigenvalue weighted by atomic mass is 10.2. The molecule has 0 aliphatic carbocycles. The number of methoxy groups -OCH3 is 1. The van der Waals surface area contributed by atoms with Crippen molar-refractivity contribution in [3.05, 3.63) is 29.8 Å². The molecule has 2 amide bonds. The van der Waals surface area contributed by atoms with Crippen LogP contribution in [0.15, 0.2) is 24.3 Å². The van der Waals surface area contributed by atoms with Crippen molar-refractivity contribution in [2.45, 2.75) is 25.3 Å². The number of ether oxygens (including phenoxy) is 1. The van der Waals surface area contributed by atoms with Crippen molar-refractivity contribution in [1.82, 2.24) is 15.1 Å². The van der Waals surface area contributed by atoms with Gasteiger partial charge in [-0.15, -0.1) is 0 Å². The zero-order valence-electron chi connectivity index (χ0n) is 14.7. The molecule has 2 rings (SSSR count). The number of amides is 2. The maximum absolute atomic E-state index is 12.1. The summed E-state index contributed by atoms with van der Waals surface area (Å²) in [5, 5.41) is 2.93. The van der Waals surface area contributed by atoms with Gasteiger partial charge in [-0.05, 0) is 50.1 Å².